The van der Waals surface area contributed by atoms with Gasteiger partial charge < -0.3 is 9.88 Å². The van der Waals surface area contributed by atoms with Gasteiger partial charge >= 0.3 is 6.18 Å². The molecule has 0 aliphatic rings. The highest BCUT2D eigenvalue weighted by atomic mass is 32.2. The molecule has 146 valence electrons. The van der Waals surface area contributed by atoms with Gasteiger partial charge in [0.15, 0.2) is 11.0 Å². The van der Waals surface area contributed by atoms with E-state index in [1.54, 1.807) is 12.3 Å². The van der Waals surface area contributed by atoms with Gasteiger partial charge in [-0.2, -0.15) is 13.2 Å². The molecule has 0 fully saturated rings. The van der Waals surface area contributed by atoms with E-state index in [0.29, 0.717) is 23.2 Å². The number of amides is 1. The first-order valence-electron chi connectivity index (χ1n) is 8.33. The topological polar surface area (TPSA) is 72.7 Å². The molecule has 0 radical (unpaired) electrons. The summed E-state index contributed by atoms with van der Waals surface area (Å²) >= 11 is 1.15. The van der Waals surface area contributed by atoms with Crippen LogP contribution in [0.3, 0.4) is 0 Å². The van der Waals surface area contributed by atoms with Crippen molar-refractivity contribution >= 4 is 23.4 Å². The van der Waals surface area contributed by atoms with Crippen LogP contribution in [0.1, 0.15) is 12.5 Å². The quantitative estimate of drug-likeness (QED) is 0.623. The number of pyridine rings is 1. The molecule has 1 aromatic carbocycles. The van der Waals surface area contributed by atoms with Gasteiger partial charge in [-0.05, 0) is 37.3 Å². The largest absolute Gasteiger partial charge is 0.416 e. The minimum absolute atomic E-state index is 0.0173. The molecule has 0 unspecified atom stereocenters. The molecule has 0 bridgehead atoms. The third kappa shape index (κ3) is 4.69. The lowest BCUT2D eigenvalue weighted by Gasteiger charge is -2.10. The molecule has 1 N–H and O–H groups in total. The summed E-state index contributed by atoms with van der Waals surface area (Å²) in [5.41, 5.74) is -0.0626. The van der Waals surface area contributed by atoms with Crippen LogP contribution in [-0.2, 0) is 17.5 Å². The number of nitrogens with one attached hydrogen (secondary N) is 1. The average molecular weight is 407 g/mol. The van der Waals surface area contributed by atoms with Crippen molar-refractivity contribution in [3.8, 4) is 11.5 Å². The zero-order chi connectivity index (χ0) is 20.1. The number of hydrogen-bond acceptors (Lipinski definition) is 5. The number of aromatic nitrogens is 4. The fourth-order valence-corrected chi connectivity index (χ4v) is 3.27. The van der Waals surface area contributed by atoms with Crippen LogP contribution in [0, 0.1) is 0 Å². The number of alkyl halides is 3. The second-order valence-electron chi connectivity index (χ2n) is 5.68. The van der Waals surface area contributed by atoms with E-state index >= 15 is 0 Å². The van der Waals surface area contributed by atoms with Crippen molar-refractivity contribution in [1.29, 1.82) is 0 Å². The molecular formula is C18H16F3N5OS. The van der Waals surface area contributed by atoms with E-state index in [0.717, 1.165) is 23.9 Å². The fourth-order valence-electron chi connectivity index (χ4n) is 2.47. The summed E-state index contributed by atoms with van der Waals surface area (Å²) in [6, 6.07) is 9.95. The second-order valence-corrected chi connectivity index (χ2v) is 6.62. The molecule has 10 heteroatoms. The summed E-state index contributed by atoms with van der Waals surface area (Å²) in [7, 11) is 0. The normalized spacial score (nSPS) is 11.4. The molecular weight excluding hydrogens is 391 g/mol. The molecule has 0 spiro atoms. The van der Waals surface area contributed by atoms with Crippen LogP contribution in [0.2, 0.25) is 0 Å². The average Bonchev–Trinajstić information content (AvgIpc) is 3.09. The Hall–Kier alpha value is -2.88. The summed E-state index contributed by atoms with van der Waals surface area (Å²) < 4.78 is 40.1. The molecule has 6 nitrogen and oxygen atoms in total. The van der Waals surface area contributed by atoms with Gasteiger partial charge in [0, 0.05) is 18.4 Å². The number of halogens is 3. The summed E-state index contributed by atoms with van der Waals surface area (Å²) in [5, 5.41) is 11.2. The maximum Gasteiger partial charge on any atom is 0.416 e. The highest BCUT2D eigenvalue weighted by molar-refractivity contribution is 7.99. The Bertz CT molecular complexity index is 959. The van der Waals surface area contributed by atoms with Gasteiger partial charge in [-0.25, -0.2) is 0 Å². The number of rotatable bonds is 6. The number of carbonyl (C=O) groups excluding carboxylic acids is 1. The Morgan fingerprint density at radius 1 is 1.18 bits per heavy atom. The van der Waals surface area contributed by atoms with Crippen LogP contribution in [0.15, 0.2) is 53.8 Å². The fraction of sp³-hybridized carbons (Fsp3) is 0.222. The highest BCUT2D eigenvalue weighted by Gasteiger charge is 2.30. The van der Waals surface area contributed by atoms with E-state index in [4.69, 9.17) is 0 Å². The minimum Gasteiger partial charge on any atom is -0.325 e. The number of thioether (sulfide) groups is 1. The molecule has 2 aromatic heterocycles. The summed E-state index contributed by atoms with van der Waals surface area (Å²) in [6.45, 7) is 2.50. The third-order valence-electron chi connectivity index (χ3n) is 3.73. The van der Waals surface area contributed by atoms with Crippen LogP contribution in [0.25, 0.3) is 11.5 Å². The van der Waals surface area contributed by atoms with E-state index in [1.165, 1.54) is 12.1 Å². The van der Waals surface area contributed by atoms with Crippen molar-refractivity contribution in [1.82, 2.24) is 19.7 Å². The number of carbonyl (C=O) groups is 1. The highest BCUT2D eigenvalue weighted by Crippen LogP contribution is 2.30. The van der Waals surface area contributed by atoms with Crippen molar-refractivity contribution in [3.05, 3.63) is 54.2 Å². The Kier molecular flexibility index (Phi) is 5.98. The number of hydrogen-bond donors (Lipinski definition) is 1. The van der Waals surface area contributed by atoms with E-state index in [2.05, 4.69) is 20.5 Å². The standard InChI is InChI=1S/C18H16F3N5OS/c1-2-26-16(14-8-3-4-9-22-14)24-25-17(26)28-11-15(27)23-13-7-5-6-12(10-13)18(19,20)21/h3-10H,2,11H2,1H3,(H,23,27). The van der Waals surface area contributed by atoms with Crippen molar-refractivity contribution in [2.24, 2.45) is 0 Å². The first-order chi connectivity index (χ1) is 13.4. The minimum atomic E-state index is -4.46. The zero-order valence-corrected chi connectivity index (χ0v) is 15.6. The molecule has 3 rings (SSSR count). The second kappa shape index (κ2) is 8.42. The molecule has 0 aliphatic carbocycles. The van der Waals surface area contributed by atoms with Crippen LogP contribution in [0.5, 0.6) is 0 Å². The van der Waals surface area contributed by atoms with Crippen LogP contribution < -0.4 is 5.32 Å². The van der Waals surface area contributed by atoms with Gasteiger partial charge in [0.1, 0.15) is 5.69 Å². The van der Waals surface area contributed by atoms with Crippen LogP contribution in [0.4, 0.5) is 18.9 Å². The Morgan fingerprint density at radius 2 is 2.00 bits per heavy atom. The van der Waals surface area contributed by atoms with Crippen molar-refractivity contribution in [3.63, 3.8) is 0 Å². The molecule has 0 atom stereocenters. The first-order valence-corrected chi connectivity index (χ1v) is 9.31. The van der Waals surface area contributed by atoms with Crippen LogP contribution in [-0.4, -0.2) is 31.4 Å². The monoisotopic (exact) mass is 407 g/mol. The predicted molar refractivity (Wildman–Crippen MR) is 99.7 cm³/mol. The van der Waals surface area contributed by atoms with Gasteiger partial charge in [0.05, 0.1) is 11.3 Å². The molecule has 2 heterocycles. The molecule has 0 saturated heterocycles. The van der Waals surface area contributed by atoms with Crippen molar-refractivity contribution in [2.75, 3.05) is 11.1 Å². The van der Waals surface area contributed by atoms with Gasteiger partial charge in [0.25, 0.3) is 0 Å². The van der Waals surface area contributed by atoms with Gasteiger partial charge in [-0.3, -0.25) is 9.78 Å². The smallest absolute Gasteiger partial charge is 0.325 e. The first kappa shape index (κ1) is 19.9. The van der Waals surface area contributed by atoms with Crippen LogP contribution >= 0.6 is 11.8 Å². The maximum atomic E-state index is 12.8. The predicted octanol–water partition coefficient (Wildman–Crippen LogP) is 4.11. The van der Waals surface area contributed by atoms with E-state index in [1.807, 2.05) is 23.6 Å². The van der Waals surface area contributed by atoms with Crippen molar-refractivity contribution < 1.29 is 18.0 Å². The SMILES string of the molecule is CCn1c(SCC(=O)Nc2cccc(C(F)(F)F)c2)nnc1-c1ccccn1. The lowest BCUT2D eigenvalue weighted by atomic mass is 10.2. The molecule has 3 aromatic rings. The lowest BCUT2D eigenvalue weighted by Crippen LogP contribution is -2.15. The molecule has 1 amide bonds. The van der Waals surface area contributed by atoms with Gasteiger partial charge in [0.2, 0.25) is 5.91 Å². The maximum absolute atomic E-state index is 12.8. The summed E-state index contributed by atoms with van der Waals surface area (Å²) in [5.74, 6) is 0.134. The summed E-state index contributed by atoms with van der Waals surface area (Å²) in [4.78, 5) is 16.4. The molecule has 28 heavy (non-hydrogen) atoms. The lowest BCUT2D eigenvalue weighted by molar-refractivity contribution is -0.137. The number of nitrogens with zero attached hydrogens (tertiary/aromatic N) is 4. The molecule has 0 aliphatic heterocycles. The number of anilines is 1. The van der Waals surface area contributed by atoms with Gasteiger partial charge in [-0.15, -0.1) is 10.2 Å². The van der Waals surface area contributed by atoms with E-state index in [9.17, 15) is 18.0 Å². The Balaban J connectivity index is 1.66. The Labute approximate surface area is 163 Å². The Morgan fingerprint density at radius 3 is 2.68 bits per heavy atom. The number of benzene rings is 1. The summed E-state index contributed by atoms with van der Waals surface area (Å²) in [6.07, 6.45) is -2.81. The van der Waals surface area contributed by atoms with E-state index in [-0.39, 0.29) is 11.4 Å². The zero-order valence-electron chi connectivity index (χ0n) is 14.8. The van der Waals surface area contributed by atoms with Crippen molar-refractivity contribution in [2.45, 2.75) is 24.8 Å². The van der Waals surface area contributed by atoms with E-state index < -0.39 is 17.6 Å². The third-order valence-corrected chi connectivity index (χ3v) is 4.70. The molecule has 0 saturated carbocycles. The van der Waals surface area contributed by atoms with Gasteiger partial charge in [-0.1, -0.05) is 23.9 Å².